The van der Waals surface area contributed by atoms with Crippen molar-refractivity contribution in [3.8, 4) is 0 Å². The highest BCUT2D eigenvalue weighted by atomic mass is 32.1. The van der Waals surface area contributed by atoms with Gasteiger partial charge in [-0.3, -0.25) is 10.1 Å². The van der Waals surface area contributed by atoms with Crippen molar-refractivity contribution in [1.29, 1.82) is 0 Å². The van der Waals surface area contributed by atoms with Crippen molar-refractivity contribution in [2.24, 2.45) is 0 Å². The molecular formula is C10H8N4O4S. The zero-order valence-electron chi connectivity index (χ0n) is 9.65. The van der Waals surface area contributed by atoms with Crippen molar-refractivity contribution >= 4 is 33.9 Å². The molecule has 0 spiro atoms. The second kappa shape index (κ2) is 4.98. The highest BCUT2D eigenvalue weighted by Gasteiger charge is 2.19. The van der Waals surface area contributed by atoms with E-state index in [2.05, 4.69) is 15.3 Å². The minimum absolute atomic E-state index is 0.0376. The van der Waals surface area contributed by atoms with E-state index in [0.29, 0.717) is 5.13 Å². The van der Waals surface area contributed by atoms with Crippen molar-refractivity contribution in [3.05, 3.63) is 39.0 Å². The standard InChI is InChI=1S/C10H8N4O4S/c1-5-3-12-10(19-5)13-8-7(14(17)18)2-6(4-11-8)9(15)16/h2-4H,1H3,(H,15,16)(H,11,12,13). The van der Waals surface area contributed by atoms with Gasteiger partial charge in [-0.25, -0.2) is 14.8 Å². The Hall–Kier alpha value is -2.55. The van der Waals surface area contributed by atoms with E-state index in [1.54, 1.807) is 6.20 Å². The molecule has 9 heteroatoms. The number of rotatable bonds is 4. The molecule has 0 fully saturated rings. The average molecular weight is 280 g/mol. The molecule has 2 aromatic rings. The molecule has 2 rings (SSSR count). The Balaban J connectivity index is 2.39. The summed E-state index contributed by atoms with van der Waals surface area (Å²) in [4.78, 5) is 29.7. The van der Waals surface area contributed by atoms with Crippen molar-refractivity contribution in [3.63, 3.8) is 0 Å². The van der Waals surface area contributed by atoms with Crippen LogP contribution in [0.4, 0.5) is 16.6 Å². The molecule has 0 amide bonds. The average Bonchev–Trinajstić information content (AvgIpc) is 2.74. The fourth-order valence-corrected chi connectivity index (χ4v) is 1.98. The molecule has 0 aliphatic carbocycles. The van der Waals surface area contributed by atoms with Gasteiger partial charge in [-0.1, -0.05) is 0 Å². The summed E-state index contributed by atoms with van der Waals surface area (Å²) >= 11 is 1.31. The van der Waals surface area contributed by atoms with Gasteiger partial charge in [-0.15, -0.1) is 11.3 Å². The van der Waals surface area contributed by atoms with Crippen molar-refractivity contribution in [1.82, 2.24) is 9.97 Å². The number of nitrogens with one attached hydrogen (secondary N) is 1. The van der Waals surface area contributed by atoms with E-state index >= 15 is 0 Å². The van der Waals surface area contributed by atoms with E-state index < -0.39 is 16.6 Å². The van der Waals surface area contributed by atoms with E-state index in [9.17, 15) is 14.9 Å². The van der Waals surface area contributed by atoms with Crippen LogP contribution in [0.3, 0.4) is 0 Å². The summed E-state index contributed by atoms with van der Waals surface area (Å²) in [7, 11) is 0. The summed E-state index contributed by atoms with van der Waals surface area (Å²) in [5.41, 5.74) is -0.652. The number of aromatic nitrogens is 2. The van der Waals surface area contributed by atoms with Crippen LogP contribution < -0.4 is 5.32 Å². The third kappa shape index (κ3) is 2.83. The molecule has 0 unspecified atom stereocenters. The topological polar surface area (TPSA) is 118 Å². The molecule has 0 bridgehead atoms. The Morgan fingerprint density at radius 3 is 2.74 bits per heavy atom. The first-order chi connectivity index (χ1) is 8.97. The number of aryl methyl sites for hydroxylation is 1. The first-order valence-corrected chi connectivity index (χ1v) is 5.86. The summed E-state index contributed by atoms with van der Waals surface area (Å²) in [5.74, 6) is -1.31. The Morgan fingerprint density at radius 2 is 2.21 bits per heavy atom. The van der Waals surface area contributed by atoms with Gasteiger partial charge >= 0.3 is 11.7 Å². The molecule has 8 nitrogen and oxygen atoms in total. The molecule has 0 atom stereocenters. The second-order valence-electron chi connectivity index (χ2n) is 3.56. The van der Waals surface area contributed by atoms with E-state index in [0.717, 1.165) is 17.1 Å². The molecule has 19 heavy (non-hydrogen) atoms. The van der Waals surface area contributed by atoms with Gasteiger partial charge in [0.25, 0.3) is 0 Å². The molecular weight excluding hydrogens is 272 g/mol. The van der Waals surface area contributed by atoms with Gasteiger partial charge in [-0.2, -0.15) is 0 Å². The van der Waals surface area contributed by atoms with E-state index in [4.69, 9.17) is 5.11 Å². The second-order valence-corrected chi connectivity index (χ2v) is 4.79. The number of aromatic carboxylic acids is 1. The predicted molar refractivity (Wildman–Crippen MR) is 68.0 cm³/mol. The SMILES string of the molecule is Cc1cnc(Nc2ncc(C(=O)O)cc2[N+](=O)[O-])s1. The summed E-state index contributed by atoms with van der Waals surface area (Å²) in [6, 6.07) is 0.956. The zero-order valence-corrected chi connectivity index (χ0v) is 10.5. The lowest BCUT2D eigenvalue weighted by Gasteiger charge is -2.03. The lowest BCUT2D eigenvalue weighted by Crippen LogP contribution is -2.04. The number of hydrogen-bond donors (Lipinski definition) is 2. The molecule has 2 N–H and O–H groups in total. The van der Waals surface area contributed by atoms with Crippen LogP contribution in [0.15, 0.2) is 18.5 Å². The third-order valence-corrected chi connectivity index (χ3v) is 2.99. The van der Waals surface area contributed by atoms with Crippen LogP contribution in [0.1, 0.15) is 15.2 Å². The lowest BCUT2D eigenvalue weighted by molar-refractivity contribution is -0.384. The van der Waals surface area contributed by atoms with Gasteiger partial charge in [0.15, 0.2) is 5.13 Å². The normalized spacial score (nSPS) is 10.2. The van der Waals surface area contributed by atoms with Crippen molar-refractivity contribution in [2.45, 2.75) is 6.92 Å². The fourth-order valence-electron chi connectivity index (χ4n) is 1.32. The van der Waals surface area contributed by atoms with Crippen molar-refractivity contribution < 1.29 is 14.8 Å². The fraction of sp³-hybridized carbons (Fsp3) is 0.100. The Kier molecular flexibility index (Phi) is 3.38. The minimum atomic E-state index is -1.27. The van der Waals surface area contributed by atoms with Crippen LogP contribution in [0.25, 0.3) is 0 Å². The van der Waals surface area contributed by atoms with Crippen LogP contribution in [0.5, 0.6) is 0 Å². The Morgan fingerprint density at radius 1 is 1.47 bits per heavy atom. The highest BCUT2D eigenvalue weighted by Crippen LogP contribution is 2.28. The molecule has 2 heterocycles. The number of anilines is 2. The lowest BCUT2D eigenvalue weighted by atomic mass is 10.2. The molecule has 0 radical (unpaired) electrons. The van der Waals surface area contributed by atoms with E-state index in [-0.39, 0.29) is 11.4 Å². The quantitative estimate of drug-likeness (QED) is 0.650. The number of hydrogen-bond acceptors (Lipinski definition) is 7. The smallest absolute Gasteiger partial charge is 0.337 e. The number of thiazole rings is 1. The molecule has 0 saturated heterocycles. The van der Waals surface area contributed by atoms with Gasteiger partial charge in [0, 0.05) is 23.3 Å². The van der Waals surface area contributed by atoms with Gasteiger partial charge in [0.05, 0.1) is 10.5 Å². The maximum absolute atomic E-state index is 10.9. The first kappa shape index (κ1) is 12.9. The van der Waals surface area contributed by atoms with Crippen LogP contribution in [0, 0.1) is 17.0 Å². The zero-order chi connectivity index (χ0) is 14.0. The maximum atomic E-state index is 10.9. The van der Waals surface area contributed by atoms with Crippen molar-refractivity contribution in [2.75, 3.05) is 5.32 Å². The van der Waals surface area contributed by atoms with Gasteiger partial charge in [-0.05, 0) is 6.92 Å². The maximum Gasteiger partial charge on any atom is 0.337 e. The summed E-state index contributed by atoms with van der Waals surface area (Å²) in [5, 5.41) is 22.8. The minimum Gasteiger partial charge on any atom is -0.478 e. The van der Waals surface area contributed by atoms with Crippen LogP contribution in [-0.2, 0) is 0 Å². The number of carboxylic acids is 1. The third-order valence-electron chi connectivity index (χ3n) is 2.16. The number of nitro groups is 1. The molecule has 0 aromatic carbocycles. The summed E-state index contributed by atoms with van der Waals surface area (Å²) in [6.07, 6.45) is 2.67. The number of pyridine rings is 1. The molecule has 0 aliphatic heterocycles. The predicted octanol–water partition coefficient (Wildman–Crippen LogP) is 2.20. The van der Waals surface area contributed by atoms with Crippen LogP contribution >= 0.6 is 11.3 Å². The van der Waals surface area contributed by atoms with E-state index in [1.165, 1.54) is 11.3 Å². The molecule has 98 valence electrons. The monoisotopic (exact) mass is 280 g/mol. The number of carboxylic acid groups (broad SMARTS) is 1. The Bertz CT molecular complexity index is 655. The summed E-state index contributed by atoms with van der Waals surface area (Å²) in [6.45, 7) is 1.85. The highest BCUT2D eigenvalue weighted by molar-refractivity contribution is 7.15. The molecule has 0 saturated carbocycles. The summed E-state index contributed by atoms with van der Waals surface area (Å²) < 4.78 is 0. The van der Waals surface area contributed by atoms with Gasteiger partial charge in [0.1, 0.15) is 0 Å². The molecule has 2 aromatic heterocycles. The van der Waals surface area contributed by atoms with Gasteiger partial charge in [0.2, 0.25) is 5.82 Å². The van der Waals surface area contributed by atoms with Crippen LogP contribution in [-0.4, -0.2) is 26.0 Å². The first-order valence-electron chi connectivity index (χ1n) is 5.04. The van der Waals surface area contributed by atoms with E-state index in [1.807, 2.05) is 6.92 Å². The number of nitrogens with zero attached hydrogens (tertiary/aromatic N) is 3. The molecule has 0 aliphatic rings. The van der Waals surface area contributed by atoms with Gasteiger partial charge < -0.3 is 10.4 Å². The Labute approximate surface area is 110 Å². The number of carbonyl (C=O) groups is 1. The van der Waals surface area contributed by atoms with Crippen LogP contribution in [0.2, 0.25) is 0 Å². The largest absolute Gasteiger partial charge is 0.478 e.